The number of hydrogen-bond donors (Lipinski definition) is 1. The summed E-state index contributed by atoms with van der Waals surface area (Å²) in [6.07, 6.45) is -0.568. The molecule has 2 aromatic rings. The molecule has 0 fully saturated rings. The van der Waals surface area contributed by atoms with Gasteiger partial charge in [-0.2, -0.15) is 0 Å². The third-order valence-electron chi connectivity index (χ3n) is 2.89. The number of benzene rings is 2. The monoisotopic (exact) mass is 367 g/mol. The molecule has 0 saturated carbocycles. The first-order valence-electron chi connectivity index (χ1n) is 6.49. The third kappa shape index (κ3) is 4.76. The predicted octanol–water partition coefficient (Wildman–Crippen LogP) is 4.19. The van der Waals surface area contributed by atoms with Gasteiger partial charge in [-0.25, -0.2) is 0 Å². The van der Waals surface area contributed by atoms with Crippen LogP contribution in [0, 0.1) is 0 Å². The van der Waals surface area contributed by atoms with Crippen molar-refractivity contribution in [3.8, 4) is 5.75 Å². The lowest BCUT2D eigenvalue weighted by Gasteiger charge is -2.15. The van der Waals surface area contributed by atoms with Crippen molar-refractivity contribution in [2.24, 2.45) is 0 Å². The minimum atomic E-state index is -0.568. The van der Waals surface area contributed by atoms with E-state index in [1.54, 1.807) is 13.0 Å². The standard InChI is InChI=1S/C16H15BrClNO2/c1-11(21-14-5-3-2-4-6-14)16(20)19-10-12-7-8-13(17)9-15(12)18/h2-9,11H,10H2,1H3,(H,19,20). The lowest BCUT2D eigenvalue weighted by molar-refractivity contribution is -0.127. The number of amides is 1. The van der Waals surface area contributed by atoms with Gasteiger partial charge in [0.25, 0.3) is 5.91 Å². The van der Waals surface area contributed by atoms with Crippen LogP contribution >= 0.6 is 27.5 Å². The van der Waals surface area contributed by atoms with Gasteiger partial charge in [0.1, 0.15) is 5.75 Å². The van der Waals surface area contributed by atoms with Crippen molar-refractivity contribution in [1.29, 1.82) is 0 Å². The molecule has 21 heavy (non-hydrogen) atoms. The Bertz CT molecular complexity index is 619. The number of nitrogens with one attached hydrogen (secondary N) is 1. The van der Waals surface area contributed by atoms with Crippen LogP contribution in [0.25, 0.3) is 0 Å². The van der Waals surface area contributed by atoms with Crippen molar-refractivity contribution in [3.05, 3.63) is 63.6 Å². The topological polar surface area (TPSA) is 38.3 Å². The molecule has 0 radical (unpaired) electrons. The first kappa shape index (κ1) is 15.9. The van der Waals surface area contributed by atoms with Crippen LogP contribution in [0.2, 0.25) is 5.02 Å². The van der Waals surface area contributed by atoms with Gasteiger partial charge in [0.05, 0.1) is 0 Å². The van der Waals surface area contributed by atoms with Crippen LogP contribution in [0.4, 0.5) is 0 Å². The van der Waals surface area contributed by atoms with Crippen molar-refractivity contribution in [1.82, 2.24) is 5.32 Å². The smallest absolute Gasteiger partial charge is 0.261 e. The van der Waals surface area contributed by atoms with Crippen LogP contribution in [0.15, 0.2) is 53.0 Å². The summed E-state index contributed by atoms with van der Waals surface area (Å²) in [5.41, 5.74) is 0.861. The van der Waals surface area contributed by atoms with Crippen molar-refractivity contribution >= 4 is 33.4 Å². The molecule has 3 nitrogen and oxygen atoms in total. The maximum absolute atomic E-state index is 12.0. The first-order chi connectivity index (χ1) is 10.1. The average Bonchev–Trinajstić information content (AvgIpc) is 2.47. The normalized spacial score (nSPS) is 11.8. The average molecular weight is 369 g/mol. The van der Waals surface area contributed by atoms with E-state index in [1.807, 2.05) is 42.5 Å². The molecule has 0 spiro atoms. The maximum atomic E-state index is 12.0. The SMILES string of the molecule is CC(Oc1ccccc1)C(=O)NCc1ccc(Br)cc1Cl. The third-order valence-corrected chi connectivity index (χ3v) is 3.74. The number of halogens is 2. The fourth-order valence-corrected chi connectivity index (χ4v) is 2.49. The molecule has 1 unspecified atom stereocenters. The molecular formula is C16H15BrClNO2. The molecule has 2 aromatic carbocycles. The van der Waals surface area contributed by atoms with E-state index in [-0.39, 0.29) is 5.91 Å². The highest BCUT2D eigenvalue weighted by molar-refractivity contribution is 9.10. The van der Waals surface area contributed by atoms with E-state index in [4.69, 9.17) is 16.3 Å². The molecule has 0 aromatic heterocycles. The molecular weight excluding hydrogens is 354 g/mol. The second-order valence-corrected chi connectivity index (χ2v) is 5.85. The molecule has 0 aliphatic carbocycles. The Morgan fingerprint density at radius 2 is 2.00 bits per heavy atom. The van der Waals surface area contributed by atoms with E-state index in [9.17, 15) is 4.79 Å². The van der Waals surface area contributed by atoms with Crippen LogP contribution in [-0.2, 0) is 11.3 Å². The Labute approximate surface area is 137 Å². The molecule has 1 amide bonds. The van der Waals surface area contributed by atoms with Crippen molar-refractivity contribution in [2.75, 3.05) is 0 Å². The quantitative estimate of drug-likeness (QED) is 0.859. The summed E-state index contributed by atoms with van der Waals surface area (Å²) in [4.78, 5) is 12.0. The van der Waals surface area contributed by atoms with Gasteiger partial charge in [-0.05, 0) is 36.8 Å². The highest BCUT2D eigenvalue weighted by atomic mass is 79.9. The number of carbonyl (C=O) groups excluding carboxylic acids is 1. The summed E-state index contributed by atoms with van der Waals surface area (Å²) in [6.45, 7) is 2.08. The fourth-order valence-electron chi connectivity index (χ4n) is 1.75. The molecule has 1 atom stereocenters. The van der Waals surface area contributed by atoms with Gasteiger partial charge >= 0.3 is 0 Å². The summed E-state index contributed by atoms with van der Waals surface area (Å²) in [5.74, 6) is 0.486. The number of rotatable bonds is 5. The van der Waals surface area contributed by atoms with Crippen LogP contribution in [0.5, 0.6) is 5.75 Å². The van der Waals surface area contributed by atoms with E-state index < -0.39 is 6.10 Å². The van der Waals surface area contributed by atoms with E-state index >= 15 is 0 Å². The summed E-state index contributed by atoms with van der Waals surface area (Å²) < 4.78 is 6.47. The molecule has 2 rings (SSSR count). The van der Waals surface area contributed by atoms with E-state index in [0.717, 1.165) is 10.0 Å². The van der Waals surface area contributed by atoms with Crippen LogP contribution in [0.1, 0.15) is 12.5 Å². The minimum absolute atomic E-state index is 0.183. The number of ether oxygens (including phenoxy) is 1. The van der Waals surface area contributed by atoms with Gasteiger partial charge in [0, 0.05) is 16.0 Å². The zero-order chi connectivity index (χ0) is 15.2. The van der Waals surface area contributed by atoms with Crippen LogP contribution in [-0.4, -0.2) is 12.0 Å². The van der Waals surface area contributed by atoms with E-state index in [0.29, 0.717) is 17.3 Å². The molecule has 1 N–H and O–H groups in total. The van der Waals surface area contributed by atoms with Gasteiger partial charge in [-0.15, -0.1) is 0 Å². The second kappa shape index (κ2) is 7.48. The number of carbonyl (C=O) groups is 1. The molecule has 5 heteroatoms. The summed E-state index contributed by atoms with van der Waals surface area (Å²) in [6, 6.07) is 14.8. The summed E-state index contributed by atoms with van der Waals surface area (Å²) in [5, 5.41) is 3.43. The molecule has 0 bridgehead atoms. The van der Waals surface area contributed by atoms with Crippen molar-refractivity contribution in [2.45, 2.75) is 19.6 Å². The second-order valence-electron chi connectivity index (χ2n) is 4.53. The summed E-state index contributed by atoms with van der Waals surface area (Å²) >= 11 is 9.45. The van der Waals surface area contributed by atoms with Gasteiger partial charge in [-0.3, -0.25) is 4.79 Å². The highest BCUT2D eigenvalue weighted by Crippen LogP contribution is 2.21. The van der Waals surface area contributed by atoms with Crippen molar-refractivity contribution in [3.63, 3.8) is 0 Å². The van der Waals surface area contributed by atoms with Crippen LogP contribution in [0.3, 0.4) is 0 Å². The van der Waals surface area contributed by atoms with Crippen molar-refractivity contribution < 1.29 is 9.53 Å². The Hall–Kier alpha value is -1.52. The largest absolute Gasteiger partial charge is 0.481 e. The number of para-hydroxylation sites is 1. The Balaban J connectivity index is 1.89. The maximum Gasteiger partial charge on any atom is 0.261 e. The fraction of sp³-hybridized carbons (Fsp3) is 0.188. The highest BCUT2D eigenvalue weighted by Gasteiger charge is 2.14. The van der Waals surface area contributed by atoms with Crippen LogP contribution < -0.4 is 10.1 Å². The Morgan fingerprint density at radius 1 is 1.29 bits per heavy atom. The zero-order valence-electron chi connectivity index (χ0n) is 11.5. The van der Waals surface area contributed by atoms with Gasteiger partial charge in [0.2, 0.25) is 0 Å². The van der Waals surface area contributed by atoms with Gasteiger partial charge in [0.15, 0.2) is 6.10 Å². The lowest BCUT2D eigenvalue weighted by atomic mass is 10.2. The molecule has 110 valence electrons. The molecule has 0 aliphatic heterocycles. The lowest BCUT2D eigenvalue weighted by Crippen LogP contribution is -2.35. The molecule has 0 aliphatic rings. The van der Waals surface area contributed by atoms with Gasteiger partial charge in [-0.1, -0.05) is 51.8 Å². The molecule has 0 heterocycles. The van der Waals surface area contributed by atoms with Gasteiger partial charge < -0.3 is 10.1 Å². The Morgan fingerprint density at radius 3 is 2.67 bits per heavy atom. The van der Waals surface area contributed by atoms with E-state index in [2.05, 4.69) is 21.2 Å². The predicted molar refractivity (Wildman–Crippen MR) is 87.5 cm³/mol. The summed E-state index contributed by atoms with van der Waals surface area (Å²) in [7, 11) is 0. The Kier molecular flexibility index (Phi) is 5.65. The van der Waals surface area contributed by atoms with E-state index in [1.165, 1.54) is 0 Å². The molecule has 0 saturated heterocycles. The first-order valence-corrected chi connectivity index (χ1v) is 7.66. The number of hydrogen-bond acceptors (Lipinski definition) is 2. The minimum Gasteiger partial charge on any atom is -0.481 e. The zero-order valence-corrected chi connectivity index (χ0v) is 13.8.